The summed E-state index contributed by atoms with van der Waals surface area (Å²) in [6.45, 7) is 3.88. The minimum atomic E-state index is 0.0931. The van der Waals surface area contributed by atoms with Crippen LogP contribution in [0.5, 0.6) is 0 Å². The van der Waals surface area contributed by atoms with Crippen LogP contribution in [0.2, 0.25) is 0 Å². The Hall–Kier alpha value is -0.790. The van der Waals surface area contributed by atoms with Gasteiger partial charge in [-0.1, -0.05) is 38.7 Å². The maximum atomic E-state index is 11.5. The van der Waals surface area contributed by atoms with Crippen LogP contribution in [0.1, 0.15) is 38.5 Å². The van der Waals surface area contributed by atoms with Gasteiger partial charge in [-0.05, 0) is 12.3 Å². The summed E-state index contributed by atoms with van der Waals surface area (Å²) in [4.78, 5) is 13.2. The molecule has 0 saturated heterocycles. The zero-order valence-electron chi connectivity index (χ0n) is 9.38. The molecule has 0 radical (unpaired) electrons. The van der Waals surface area contributed by atoms with Crippen molar-refractivity contribution < 1.29 is 4.79 Å². The Morgan fingerprint density at radius 1 is 1.29 bits per heavy atom. The molecule has 0 aliphatic heterocycles. The van der Waals surface area contributed by atoms with Gasteiger partial charge in [0.1, 0.15) is 0 Å². The van der Waals surface area contributed by atoms with E-state index >= 15 is 0 Å². The lowest BCUT2D eigenvalue weighted by molar-refractivity contribution is -0.125. The van der Waals surface area contributed by atoms with Crippen molar-refractivity contribution in [1.82, 2.24) is 4.90 Å². The summed E-state index contributed by atoms with van der Waals surface area (Å²) in [5.41, 5.74) is 0.780. The van der Waals surface area contributed by atoms with E-state index < -0.39 is 0 Å². The molecular formula is C12H21NO. The second-order valence-electron chi connectivity index (χ2n) is 4.51. The van der Waals surface area contributed by atoms with E-state index in [1.54, 1.807) is 19.0 Å². The summed E-state index contributed by atoms with van der Waals surface area (Å²) >= 11 is 0. The Labute approximate surface area is 87.0 Å². The molecule has 1 aliphatic rings. The Morgan fingerprint density at radius 2 is 1.86 bits per heavy atom. The number of hydrogen-bond acceptors (Lipinski definition) is 1. The van der Waals surface area contributed by atoms with Crippen molar-refractivity contribution in [2.24, 2.45) is 5.92 Å². The van der Waals surface area contributed by atoms with Gasteiger partial charge in [-0.3, -0.25) is 4.79 Å². The maximum absolute atomic E-state index is 11.5. The highest BCUT2D eigenvalue weighted by molar-refractivity contribution is 5.92. The van der Waals surface area contributed by atoms with Gasteiger partial charge in [0.05, 0.1) is 0 Å². The molecule has 2 nitrogen and oxygen atoms in total. The molecule has 1 amide bonds. The molecule has 80 valence electrons. The molecule has 0 heterocycles. The van der Waals surface area contributed by atoms with Crippen molar-refractivity contribution in [3.05, 3.63) is 12.2 Å². The molecule has 0 N–H and O–H groups in total. The number of carbonyl (C=O) groups excluding carboxylic acids is 1. The zero-order valence-corrected chi connectivity index (χ0v) is 9.38. The fourth-order valence-electron chi connectivity index (χ4n) is 2.14. The van der Waals surface area contributed by atoms with Gasteiger partial charge < -0.3 is 4.90 Å². The molecule has 1 aliphatic carbocycles. The number of likely N-dealkylation sites (N-methyl/N-ethyl adjacent to an activating group) is 1. The van der Waals surface area contributed by atoms with E-state index in [1.165, 1.54) is 32.1 Å². The van der Waals surface area contributed by atoms with E-state index in [1.807, 2.05) is 0 Å². The van der Waals surface area contributed by atoms with Crippen molar-refractivity contribution in [2.45, 2.75) is 38.5 Å². The normalized spacial score (nSPS) is 17.9. The van der Waals surface area contributed by atoms with Crippen LogP contribution in [0.3, 0.4) is 0 Å². The average Bonchev–Trinajstić information content (AvgIpc) is 2.18. The summed E-state index contributed by atoms with van der Waals surface area (Å²) in [5, 5.41) is 0. The number of hydrogen-bond donors (Lipinski definition) is 0. The van der Waals surface area contributed by atoms with Crippen molar-refractivity contribution in [3.63, 3.8) is 0 Å². The first-order chi connectivity index (χ1) is 6.61. The standard InChI is InChI=1S/C12H21NO/c1-10(12(14)13(2)3)9-11-7-5-4-6-8-11/h11H,1,4-9H2,2-3H3. The van der Waals surface area contributed by atoms with Gasteiger partial charge >= 0.3 is 0 Å². The van der Waals surface area contributed by atoms with E-state index in [4.69, 9.17) is 0 Å². The number of nitrogens with zero attached hydrogens (tertiary/aromatic N) is 1. The third kappa shape index (κ3) is 3.17. The first kappa shape index (κ1) is 11.3. The highest BCUT2D eigenvalue weighted by Gasteiger charge is 2.18. The van der Waals surface area contributed by atoms with E-state index in [-0.39, 0.29) is 5.91 Å². The Kier molecular flexibility index (Phi) is 4.18. The van der Waals surface area contributed by atoms with Gasteiger partial charge in [0, 0.05) is 19.7 Å². The number of rotatable bonds is 3. The fourth-order valence-corrected chi connectivity index (χ4v) is 2.14. The van der Waals surface area contributed by atoms with Gasteiger partial charge in [-0.15, -0.1) is 0 Å². The lowest BCUT2D eigenvalue weighted by Crippen LogP contribution is -2.24. The summed E-state index contributed by atoms with van der Waals surface area (Å²) in [6.07, 6.45) is 7.48. The zero-order chi connectivity index (χ0) is 10.6. The van der Waals surface area contributed by atoms with Gasteiger partial charge in [0.2, 0.25) is 5.91 Å². The lowest BCUT2D eigenvalue weighted by atomic mass is 9.85. The molecule has 0 unspecified atom stereocenters. The Morgan fingerprint density at radius 3 is 2.36 bits per heavy atom. The second kappa shape index (κ2) is 5.18. The first-order valence-electron chi connectivity index (χ1n) is 5.50. The quantitative estimate of drug-likeness (QED) is 0.634. The van der Waals surface area contributed by atoms with Crippen LogP contribution < -0.4 is 0 Å². The predicted octanol–water partition coefficient (Wildman–Crippen LogP) is 2.60. The smallest absolute Gasteiger partial charge is 0.248 e. The first-order valence-corrected chi connectivity index (χ1v) is 5.50. The third-order valence-electron chi connectivity index (χ3n) is 2.97. The van der Waals surface area contributed by atoms with Gasteiger partial charge in [-0.2, -0.15) is 0 Å². The van der Waals surface area contributed by atoms with Crippen molar-refractivity contribution in [1.29, 1.82) is 0 Å². The van der Waals surface area contributed by atoms with Crippen molar-refractivity contribution >= 4 is 5.91 Å². The summed E-state index contributed by atoms with van der Waals surface area (Å²) in [5.74, 6) is 0.802. The lowest BCUT2D eigenvalue weighted by Gasteiger charge is -2.23. The number of carbonyl (C=O) groups is 1. The molecule has 0 spiro atoms. The van der Waals surface area contributed by atoms with Crippen LogP contribution >= 0.6 is 0 Å². The van der Waals surface area contributed by atoms with E-state index in [0.717, 1.165) is 12.0 Å². The van der Waals surface area contributed by atoms with E-state index in [9.17, 15) is 4.79 Å². The van der Waals surface area contributed by atoms with Crippen LogP contribution in [0, 0.1) is 5.92 Å². The molecule has 1 rings (SSSR count). The van der Waals surface area contributed by atoms with Gasteiger partial charge in [-0.25, -0.2) is 0 Å². The molecule has 0 aromatic rings. The topological polar surface area (TPSA) is 20.3 Å². The van der Waals surface area contributed by atoms with Crippen LogP contribution in [-0.2, 0) is 4.79 Å². The summed E-state index contributed by atoms with van der Waals surface area (Å²) in [6, 6.07) is 0. The highest BCUT2D eigenvalue weighted by atomic mass is 16.2. The van der Waals surface area contributed by atoms with Crippen molar-refractivity contribution in [2.75, 3.05) is 14.1 Å². The monoisotopic (exact) mass is 195 g/mol. The average molecular weight is 195 g/mol. The fraction of sp³-hybridized carbons (Fsp3) is 0.750. The molecule has 14 heavy (non-hydrogen) atoms. The molecule has 0 aromatic carbocycles. The molecule has 1 fully saturated rings. The second-order valence-corrected chi connectivity index (χ2v) is 4.51. The molecule has 0 atom stereocenters. The minimum Gasteiger partial charge on any atom is -0.345 e. The molecule has 1 saturated carbocycles. The summed E-state index contributed by atoms with van der Waals surface area (Å²) < 4.78 is 0. The highest BCUT2D eigenvalue weighted by Crippen LogP contribution is 2.28. The van der Waals surface area contributed by atoms with Crippen molar-refractivity contribution in [3.8, 4) is 0 Å². The van der Waals surface area contributed by atoms with E-state index in [0.29, 0.717) is 5.92 Å². The van der Waals surface area contributed by atoms with Gasteiger partial charge in [0.15, 0.2) is 0 Å². The van der Waals surface area contributed by atoms with Gasteiger partial charge in [0.25, 0.3) is 0 Å². The number of amides is 1. The Bertz CT molecular complexity index is 214. The van der Waals surface area contributed by atoms with Crippen LogP contribution in [0.25, 0.3) is 0 Å². The SMILES string of the molecule is C=C(CC1CCCCC1)C(=O)N(C)C. The molecular weight excluding hydrogens is 174 g/mol. The van der Waals surface area contributed by atoms with Crippen LogP contribution in [-0.4, -0.2) is 24.9 Å². The van der Waals surface area contributed by atoms with Crippen LogP contribution in [0.4, 0.5) is 0 Å². The molecule has 0 aromatic heterocycles. The minimum absolute atomic E-state index is 0.0931. The largest absolute Gasteiger partial charge is 0.345 e. The maximum Gasteiger partial charge on any atom is 0.248 e. The third-order valence-corrected chi connectivity index (χ3v) is 2.97. The predicted molar refractivity (Wildman–Crippen MR) is 59.0 cm³/mol. The van der Waals surface area contributed by atoms with E-state index in [2.05, 4.69) is 6.58 Å². The molecule has 2 heteroatoms. The summed E-state index contributed by atoms with van der Waals surface area (Å²) in [7, 11) is 3.57. The Balaban J connectivity index is 2.35. The molecule has 0 bridgehead atoms. The van der Waals surface area contributed by atoms with Crippen LogP contribution in [0.15, 0.2) is 12.2 Å².